The number of hydrogen-bond acceptors (Lipinski definition) is 7. The van der Waals surface area contributed by atoms with E-state index in [2.05, 4.69) is 41.2 Å². The molecule has 16 heteroatoms. The van der Waals surface area contributed by atoms with Crippen molar-refractivity contribution in [3.8, 4) is 0 Å². The Hall–Kier alpha value is -6.19. The molecule has 0 aliphatic carbocycles. The lowest BCUT2D eigenvalue weighted by Crippen LogP contribution is -2.59. The van der Waals surface area contributed by atoms with Crippen LogP contribution in [0.25, 0.3) is 10.9 Å². The molecule has 4 aromatic rings. The normalized spacial score (nSPS) is 13.3. The van der Waals surface area contributed by atoms with Crippen LogP contribution < -0.4 is 38.5 Å². The predicted molar refractivity (Wildman–Crippen MR) is 187 cm³/mol. The first kappa shape index (κ1) is 36.6. The van der Waals surface area contributed by atoms with Gasteiger partial charge in [-0.3, -0.25) is 29.0 Å². The molecule has 12 N–H and O–H groups in total. The topological polar surface area (TPSA) is 268 Å². The minimum Gasteiger partial charge on any atom is -0.370 e. The van der Waals surface area contributed by atoms with Crippen LogP contribution in [0.2, 0.25) is 0 Å². The highest BCUT2D eigenvalue weighted by Gasteiger charge is 2.31. The van der Waals surface area contributed by atoms with Crippen LogP contribution in [-0.2, 0) is 43.2 Å². The highest BCUT2D eigenvalue weighted by atomic mass is 16.2. The maximum Gasteiger partial charge on any atom is 0.243 e. The van der Waals surface area contributed by atoms with Crippen molar-refractivity contribution >= 4 is 46.4 Å². The van der Waals surface area contributed by atoms with Crippen molar-refractivity contribution in [3.63, 3.8) is 0 Å². The number of primary amides is 1. The van der Waals surface area contributed by atoms with E-state index in [9.17, 15) is 24.0 Å². The van der Waals surface area contributed by atoms with Gasteiger partial charge in [0, 0.05) is 61.7 Å². The van der Waals surface area contributed by atoms with Gasteiger partial charge in [0.1, 0.15) is 24.2 Å². The largest absolute Gasteiger partial charge is 0.370 e. The maximum absolute atomic E-state index is 14.0. The number of amides is 5. The second-order valence-electron chi connectivity index (χ2n) is 11.8. The number of fused-ring (bicyclic) bond motifs is 1. The van der Waals surface area contributed by atoms with Crippen molar-refractivity contribution in [1.29, 1.82) is 0 Å². The third-order valence-corrected chi connectivity index (χ3v) is 7.93. The van der Waals surface area contributed by atoms with E-state index in [1.54, 1.807) is 30.5 Å². The number of imidazole rings is 1. The molecule has 5 amide bonds. The van der Waals surface area contributed by atoms with Crippen LogP contribution in [0.15, 0.2) is 78.3 Å². The highest BCUT2D eigenvalue weighted by Crippen LogP contribution is 2.19. The van der Waals surface area contributed by atoms with Gasteiger partial charge in [-0.1, -0.05) is 48.5 Å². The Morgan fingerprint density at radius 3 is 2.06 bits per heavy atom. The van der Waals surface area contributed by atoms with Crippen LogP contribution >= 0.6 is 0 Å². The zero-order chi connectivity index (χ0) is 36.0. The van der Waals surface area contributed by atoms with Crippen LogP contribution in [0, 0.1) is 0 Å². The van der Waals surface area contributed by atoms with Crippen molar-refractivity contribution in [3.05, 3.63) is 90.1 Å². The zero-order valence-electron chi connectivity index (χ0n) is 27.6. The van der Waals surface area contributed by atoms with Gasteiger partial charge in [0.2, 0.25) is 29.5 Å². The molecule has 0 bridgehead atoms. The van der Waals surface area contributed by atoms with Crippen molar-refractivity contribution in [2.75, 3.05) is 6.54 Å². The number of aromatic nitrogens is 3. The van der Waals surface area contributed by atoms with Crippen molar-refractivity contribution in [2.45, 2.75) is 63.2 Å². The molecule has 0 unspecified atom stereocenters. The van der Waals surface area contributed by atoms with E-state index in [0.29, 0.717) is 12.1 Å². The molecular formula is C34H43N11O5. The molecular weight excluding hydrogens is 642 g/mol. The summed E-state index contributed by atoms with van der Waals surface area (Å²) < 4.78 is 0. The predicted octanol–water partition coefficient (Wildman–Crippen LogP) is -0.583. The van der Waals surface area contributed by atoms with Crippen molar-refractivity contribution in [2.24, 2.45) is 22.2 Å². The van der Waals surface area contributed by atoms with Crippen molar-refractivity contribution in [1.82, 2.24) is 36.2 Å². The highest BCUT2D eigenvalue weighted by molar-refractivity contribution is 5.96. The number of aromatic amines is 2. The number of hydrogen-bond donors (Lipinski definition) is 9. The first-order valence-corrected chi connectivity index (χ1v) is 16.1. The summed E-state index contributed by atoms with van der Waals surface area (Å²) in [4.78, 5) is 79.7. The van der Waals surface area contributed by atoms with E-state index in [-0.39, 0.29) is 38.2 Å². The van der Waals surface area contributed by atoms with Crippen molar-refractivity contribution < 1.29 is 24.0 Å². The number of carbonyl (C=O) groups is 5. The first-order chi connectivity index (χ1) is 24.0. The fourth-order valence-corrected chi connectivity index (χ4v) is 5.46. The van der Waals surface area contributed by atoms with Crippen LogP contribution in [0.3, 0.4) is 0 Å². The molecule has 0 saturated heterocycles. The van der Waals surface area contributed by atoms with E-state index < -0.39 is 53.7 Å². The lowest BCUT2D eigenvalue weighted by atomic mass is 10.0. The number of nitrogens with zero attached hydrogens (tertiary/aromatic N) is 2. The summed E-state index contributed by atoms with van der Waals surface area (Å²) in [6.07, 6.45) is 5.38. The van der Waals surface area contributed by atoms with E-state index in [1.807, 2.05) is 30.3 Å². The van der Waals surface area contributed by atoms with Crippen LogP contribution in [-0.4, -0.2) is 81.2 Å². The quantitative estimate of drug-likeness (QED) is 0.0370. The van der Waals surface area contributed by atoms with E-state index >= 15 is 0 Å². The fraction of sp³-hybridized carbons (Fsp3) is 0.324. The molecule has 0 spiro atoms. The van der Waals surface area contributed by atoms with Gasteiger partial charge in [-0.2, -0.15) is 0 Å². The second kappa shape index (κ2) is 17.8. The summed E-state index contributed by atoms with van der Waals surface area (Å²) in [7, 11) is 0. The Balaban J connectivity index is 1.55. The second-order valence-corrected chi connectivity index (χ2v) is 11.8. The molecule has 0 aliphatic rings. The lowest BCUT2D eigenvalue weighted by molar-refractivity contribution is -0.134. The Morgan fingerprint density at radius 1 is 0.760 bits per heavy atom. The van der Waals surface area contributed by atoms with Crippen LogP contribution in [0.5, 0.6) is 0 Å². The number of para-hydroxylation sites is 1. The van der Waals surface area contributed by atoms with Gasteiger partial charge >= 0.3 is 0 Å². The summed E-state index contributed by atoms with van der Waals surface area (Å²) in [5.74, 6) is -3.27. The monoisotopic (exact) mass is 685 g/mol. The summed E-state index contributed by atoms with van der Waals surface area (Å²) in [6.45, 7) is 1.46. The molecule has 16 nitrogen and oxygen atoms in total. The SMILES string of the molecule is CC(=O)N[C@@H](Cc1cnc[nH]1)C(=O)N[C@H](Cc1ccccc1)C(=O)N[C@@H](CCCN=C(N)N)C(=O)N[C@H](Cc1c[nH]c2ccccc12)C(N)=O. The molecule has 50 heavy (non-hydrogen) atoms. The van der Waals surface area contributed by atoms with Gasteiger partial charge in [-0.05, 0) is 30.0 Å². The number of nitrogens with two attached hydrogens (primary N) is 3. The number of H-pyrrole nitrogens is 2. The molecule has 2 aromatic carbocycles. The van der Waals surface area contributed by atoms with Gasteiger partial charge in [0.25, 0.3) is 0 Å². The van der Waals surface area contributed by atoms with E-state index in [1.165, 1.54) is 19.4 Å². The maximum atomic E-state index is 14.0. The first-order valence-electron chi connectivity index (χ1n) is 16.1. The molecule has 0 saturated carbocycles. The third kappa shape index (κ3) is 10.9. The van der Waals surface area contributed by atoms with Crippen LogP contribution in [0.1, 0.15) is 36.6 Å². The summed E-state index contributed by atoms with van der Waals surface area (Å²) in [5.41, 5.74) is 19.6. The van der Waals surface area contributed by atoms with E-state index in [4.69, 9.17) is 17.2 Å². The number of nitrogens with one attached hydrogen (secondary N) is 6. The summed E-state index contributed by atoms with van der Waals surface area (Å²) in [5, 5.41) is 11.7. The number of aliphatic imine (C=N–C) groups is 1. The van der Waals surface area contributed by atoms with Gasteiger partial charge in [0.05, 0.1) is 6.33 Å². The van der Waals surface area contributed by atoms with Gasteiger partial charge in [-0.15, -0.1) is 0 Å². The Morgan fingerprint density at radius 2 is 1.40 bits per heavy atom. The standard InChI is InChI=1S/C34H43N11O5/c1-20(46)42-29(16-23-18-38-19-41-23)33(50)45-28(14-21-8-3-2-4-9-21)32(49)43-26(12-7-13-39-34(36)37)31(48)44-27(30(35)47)15-22-17-40-25-11-6-5-10-24(22)25/h2-6,8-11,17-19,26-29,40H,7,12-16H2,1H3,(H2,35,47)(H,38,41)(H,42,46)(H,43,49)(H,44,48)(H,45,50)(H4,36,37,39)/t26-,27+,28+,29-/m0/s1. The molecule has 0 aliphatic heterocycles. The molecule has 0 radical (unpaired) electrons. The Bertz CT molecular complexity index is 1790. The molecule has 2 aromatic heterocycles. The molecule has 4 atom stereocenters. The van der Waals surface area contributed by atoms with Crippen LogP contribution in [0.4, 0.5) is 0 Å². The molecule has 4 rings (SSSR count). The number of guanidine groups is 1. The average molecular weight is 686 g/mol. The Kier molecular flexibility index (Phi) is 13.1. The number of benzene rings is 2. The minimum atomic E-state index is -1.16. The summed E-state index contributed by atoms with van der Waals surface area (Å²) in [6, 6.07) is 12.1. The molecule has 264 valence electrons. The number of rotatable bonds is 18. The fourth-order valence-electron chi connectivity index (χ4n) is 5.46. The smallest absolute Gasteiger partial charge is 0.243 e. The van der Waals surface area contributed by atoms with Gasteiger partial charge in [0.15, 0.2) is 5.96 Å². The third-order valence-electron chi connectivity index (χ3n) is 7.93. The van der Waals surface area contributed by atoms with Gasteiger partial charge < -0.3 is 48.4 Å². The summed E-state index contributed by atoms with van der Waals surface area (Å²) >= 11 is 0. The zero-order valence-corrected chi connectivity index (χ0v) is 27.6. The molecule has 2 heterocycles. The number of carbonyl (C=O) groups excluding carboxylic acids is 5. The Labute approximate surface area is 288 Å². The lowest BCUT2D eigenvalue weighted by Gasteiger charge is -2.26. The average Bonchev–Trinajstić information content (AvgIpc) is 3.75. The molecule has 0 fully saturated rings. The van der Waals surface area contributed by atoms with Gasteiger partial charge in [-0.25, -0.2) is 4.98 Å². The minimum absolute atomic E-state index is 0.0715. The van der Waals surface area contributed by atoms with E-state index in [0.717, 1.165) is 22.0 Å².